The van der Waals surface area contributed by atoms with E-state index in [-0.39, 0.29) is 22.6 Å². The summed E-state index contributed by atoms with van der Waals surface area (Å²) in [5.74, 6) is -1.47. The average Bonchev–Trinajstić information content (AvgIpc) is 3.19. The van der Waals surface area contributed by atoms with E-state index in [1.165, 1.54) is 16.7 Å². The van der Waals surface area contributed by atoms with Crippen molar-refractivity contribution in [3.63, 3.8) is 0 Å². The highest BCUT2D eigenvalue weighted by Crippen LogP contribution is 2.53. The van der Waals surface area contributed by atoms with E-state index >= 15 is 0 Å². The van der Waals surface area contributed by atoms with Crippen molar-refractivity contribution in [1.82, 2.24) is 4.98 Å². The molecule has 3 heterocycles. The van der Waals surface area contributed by atoms with Gasteiger partial charge in [-0.1, -0.05) is 62.8 Å². The van der Waals surface area contributed by atoms with Gasteiger partial charge in [0.2, 0.25) is 11.8 Å². The summed E-state index contributed by atoms with van der Waals surface area (Å²) in [4.78, 5) is 43.5. The van der Waals surface area contributed by atoms with Crippen molar-refractivity contribution >= 4 is 68.1 Å². The molecule has 0 radical (unpaired) electrons. The number of nitrogens with zero attached hydrogens (tertiary/aromatic N) is 1. The minimum atomic E-state index is -0.593. The van der Waals surface area contributed by atoms with Crippen molar-refractivity contribution in [3.05, 3.63) is 78.1 Å². The summed E-state index contributed by atoms with van der Waals surface area (Å²) in [5, 5.41) is 0.616. The predicted octanol–water partition coefficient (Wildman–Crippen LogP) is 4.65. The average molecular weight is 508 g/mol. The summed E-state index contributed by atoms with van der Waals surface area (Å²) in [6.45, 7) is 0. The second kappa shape index (κ2) is 7.12. The van der Waals surface area contributed by atoms with Crippen LogP contribution in [0.3, 0.4) is 0 Å². The number of rotatable bonds is 2. The van der Waals surface area contributed by atoms with Crippen molar-refractivity contribution in [1.29, 1.82) is 0 Å². The molecule has 1 saturated heterocycles. The fourth-order valence-corrected chi connectivity index (χ4v) is 6.80. The van der Waals surface area contributed by atoms with Crippen LogP contribution >= 0.6 is 50.6 Å². The Bertz CT molecular complexity index is 1190. The number of thioether (sulfide) groups is 1. The topological polar surface area (TPSA) is 70.2 Å². The number of carbonyl (C=O) groups is 2. The molecule has 2 unspecified atom stereocenters. The SMILES string of the molecule is O=C1C2Sc3[nH]c(=O)sc3[C@H](c3ccc(Br)cc3)C2C(=O)N1c1ccc(Cl)cc1. The molecule has 0 aliphatic carbocycles. The zero-order chi connectivity index (χ0) is 20.3. The Morgan fingerprint density at radius 1 is 0.966 bits per heavy atom. The number of aromatic amines is 1. The number of halogens is 2. The van der Waals surface area contributed by atoms with Gasteiger partial charge in [0, 0.05) is 20.3 Å². The second-order valence-electron chi connectivity index (χ2n) is 6.79. The maximum atomic E-state index is 13.5. The third-order valence-electron chi connectivity index (χ3n) is 5.14. The van der Waals surface area contributed by atoms with Crippen molar-refractivity contribution in [2.75, 3.05) is 4.90 Å². The van der Waals surface area contributed by atoms with E-state index in [1.54, 1.807) is 24.3 Å². The largest absolute Gasteiger partial charge is 0.307 e. The first-order chi connectivity index (χ1) is 13.9. The Morgan fingerprint density at radius 2 is 1.66 bits per heavy atom. The highest BCUT2D eigenvalue weighted by molar-refractivity contribution is 9.10. The molecule has 0 spiro atoms. The van der Waals surface area contributed by atoms with Gasteiger partial charge in [0.25, 0.3) is 0 Å². The predicted molar refractivity (Wildman–Crippen MR) is 118 cm³/mol. The third kappa shape index (κ3) is 3.09. The fourth-order valence-electron chi connectivity index (χ4n) is 3.89. The van der Waals surface area contributed by atoms with E-state index in [1.807, 2.05) is 24.3 Å². The Kier molecular flexibility index (Phi) is 4.70. The first kappa shape index (κ1) is 19.1. The maximum Gasteiger partial charge on any atom is 0.305 e. The number of imide groups is 1. The van der Waals surface area contributed by atoms with Crippen LogP contribution < -0.4 is 9.77 Å². The van der Waals surface area contributed by atoms with Gasteiger partial charge in [0.15, 0.2) is 0 Å². The molecule has 5 rings (SSSR count). The molecular formula is C20H12BrClN2O3S2. The van der Waals surface area contributed by atoms with Crippen molar-refractivity contribution in [3.8, 4) is 0 Å². The highest BCUT2D eigenvalue weighted by Gasteiger charge is 2.56. The zero-order valence-electron chi connectivity index (χ0n) is 14.6. The van der Waals surface area contributed by atoms with Crippen LogP contribution in [0.5, 0.6) is 0 Å². The van der Waals surface area contributed by atoms with E-state index < -0.39 is 11.2 Å². The molecule has 2 aliphatic heterocycles. The number of anilines is 1. The standard InChI is InChI=1S/C20H12BrClN2O3S2/c21-10-3-1-9(2-4-10)13-14-16(28-17-15(13)29-20(27)23-17)19(26)24(18(14)25)12-7-5-11(22)6-8-12/h1-8,13-14,16H,(H,23,27)/t13-,14?,16?/m1/s1. The van der Waals surface area contributed by atoms with E-state index in [9.17, 15) is 14.4 Å². The molecule has 2 aromatic carbocycles. The van der Waals surface area contributed by atoms with Crippen LogP contribution in [0.2, 0.25) is 5.02 Å². The molecule has 3 atom stereocenters. The number of hydrogen-bond donors (Lipinski definition) is 1. The summed E-state index contributed by atoms with van der Waals surface area (Å²) >= 11 is 11.8. The van der Waals surface area contributed by atoms with Gasteiger partial charge >= 0.3 is 4.87 Å². The first-order valence-corrected chi connectivity index (χ1v) is 11.6. The van der Waals surface area contributed by atoms with Gasteiger partial charge in [-0.05, 0) is 42.0 Å². The zero-order valence-corrected chi connectivity index (χ0v) is 18.6. The Morgan fingerprint density at radius 3 is 2.34 bits per heavy atom. The lowest BCUT2D eigenvalue weighted by Gasteiger charge is -2.29. The van der Waals surface area contributed by atoms with E-state index in [0.29, 0.717) is 15.7 Å². The Labute approximate surface area is 187 Å². The number of benzene rings is 2. The number of aromatic nitrogens is 1. The summed E-state index contributed by atoms with van der Waals surface area (Å²) in [6.07, 6.45) is 0. The van der Waals surface area contributed by atoms with Crippen molar-refractivity contribution in [2.24, 2.45) is 5.92 Å². The molecule has 0 saturated carbocycles. The van der Waals surface area contributed by atoms with Crippen LogP contribution in [0.1, 0.15) is 16.4 Å². The van der Waals surface area contributed by atoms with Gasteiger partial charge in [0.1, 0.15) is 5.25 Å². The molecule has 29 heavy (non-hydrogen) atoms. The highest BCUT2D eigenvalue weighted by atomic mass is 79.9. The third-order valence-corrected chi connectivity index (χ3v) is 8.32. The van der Waals surface area contributed by atoms with Crippen molar-refractivity contribution in [2.45, 2.75) is 16.2 Å². The summed E-state index contributed by atoms with van der Waals surface area (Å²) in [6, 6.07) is 14.3. The number of fused-ring (bicyclic) bond motifs is 2. The number of H-pyrrole nitrogens is 1. The van der Waals surface area contributed by atoms with Crippen LogP contribution in [0, 0.1) is 5.92 Å². The Balaban J connectivity index is 1.64. The fraction of sp³-hybridized carbons (Fsp3) is 0.150. The van der Waals surface area contributed by atoms with Crippen LogP contribution in [0.25, 0.3) is 0 Å². The van der Waals surface area contributed by atoms with Gasteiger partial charge in [-0.25, -0.2) is 4.90 Å². The lowest BCUT2D eigenvalue weighted by Crippen LogP contribution is -2.32. The van der Waals surface area contributed by atoms with Crippen LogP contribution in [0.4, 0.5) is 5.69 Å². The molecule has 1 aromatic heterocycles. The van der Waals surface area contributed by atoms with Gasteiger partial charge in [-0.3, -0.25) is 14.4 Å². The first-order valence-electron chi connectivity index (χ1n) is 8.72. The van der Waals surface area contributed by atoms with Gasteiger partial charge in [0.05, 0.1) is 16.6 Å². The molecule has 1 N–H and O–H groups in total. The van der Waals surface area contributed by atoms with Gasteiger partial charge < -0.3 is 4.98 Å². The minimum absolute atomic E-state index is 0.181. The number of hydrogen-bond acceptors (Lipinski definition) is 5. The van der Waals surface area contributed by atoms with Crippen LogP contribution in [-0.4, -0.2) is 22.0 Å². The summed E-state index contributed by atoms with van der Waals surface area (Å²) < 4.78 is 0.919. The normalized spacial score (nSPS) is 23.2. The molecule has 5 nitrogen and oxygen atoms in total. The van der Waals surface area contributed by atoms with E-state index in [0.717, 1.165) is 26.3 Å². The van der Waals surface area contributed by atoms with E-state index in [2.05, 4.69) is 20.9 Å². The second-order valence-corrected chi connectivity index (χ2v) is 10.3. The van der Waals surface area contributed by atoms with Crippen LogP contribution in [-0.2, 0) is 9.59 Å². The lowest BCUT2D eigenvalue weighted by molar-refractivity contribution is -0.122. The Hall–Kier alpha value is -1.87. The number of carbonyl (C=O) groups excluding carboxylic acids is 2. The lowest BCUT2D eigenvalue weighted by atomic mass is 9.83. The van der Waals surface area contributed by atoms with Gasteiger partial charge in [-0.15, -0.1) is 0 Å². The molecule has 3 aromatic rings. The molecular weight excluding hydrogens is 496 g/mol. The smallest absolute Gasteiger partial charge is 0.305 e. The summed E-state index contributed by atoms with van der Waals surface area (Å²) in [7, 11) is 0. The minimum Gasteiger partial charge on any atom is -0.307 e. The van der Waals surface area contributed by atoms with Crippen molar-refractivity contribution < 1.29 is 9.59 Å². The molecule has 9 heteroatoms. The summed E-state index contributed by atoms with van der Waals surface area (Å²) in [5.41, 5.74) is 1.41. The van der Waals surface area contributed by atoms with Crippen LogP contribution in [0.15, 0.2) is 62.8 Å². The molecule has 0 bridgehead atoms. The number of thiazole rings is 1. The van der Waals surface area contributed by atoms with E-state index in [4.69, 9.17) is 11.6 Å². The monoisotopic (exact) mass is 506 g/mol. The van der Waals surface area contributed by atoms with Gasteiger partial charge in [-0.2, -0.15) is 0 Å². The molecule has 1 fully saturated rings. The molecule has 146 valence electrons. The number of amides is 2. The maximum absolute atomic E-state index is 13.5. The quantitative estimate of drug-likeness (QED) is 0.513. The molecule has 2 aliphatic rings. The number of nitrogens with one attached hydrogen (secondary N) is 1. The molecule has 2 amide bonds.